The Morgan fingerprint density at radius 3 is 2.55 bits per heavy atom. The Balaban J connectivity index is 3.11. The summed E-state index contributed by atoms with van der Waals surface area (Å²) in [7, 11) is 1.86. The molecule has 1 aliphatic rings. The number of hydrogen-bond acceptors (Lipinski definition) is 3. The Hall–Kier alpha value is -1.25. The van der Waals surface area contributed by atoms with Gasteiger partial charge in [-0.3, -0.25) is 0 Å². The molecule has 60 valence electrons. The van der Waals surface area contributed by atoms with E-state index in [1.54, 1.807) is 4.90 Å². The first-order chi connectivity index (χ1) is 5.04. The molecule has 0 aliphatic carbocycles. The Bertz CT molecular complexity index is 259. The van der Waals surface area contributed by atoms with Crippen LogP contribution in [0.4, 0.5) is 0 Å². The molecule has 0 saturated carbocycles. The molecular formula is C8H13N3. The highest BCUT2D eigenvalue weighted by molar-refractivity contribution is 5.83. The lowest BCUT2D eigenvalue weighted by molar-refractivity contribution is 0.615. The third-order valence-corrected chi connectivity index (χ3v) is 2.01. The van der Waals surface area contributed by atoms with Crippen molar-refractivity contribution in [2.24, 2.45) is 10.7 Å². The topological polar surface area (TPSA) is 41.6 Å². The van der Waals surface area contributed by atoms with E-state index in [1.165, 1.54) is 0 Å². The number of likely N-dealkylation sites (N-methyl/N-ethyl adjacent to an activating group) is 1. The minimum absolute atomic E-state index is 0.512. The van der Waals surface area contributed by atoms with E-state index in [2.05, 4.69) is 11.6 Å². The number of rotatable bonds is 0. The molecule has 11 heavy (non-hydrogen) atoms. The number of allylic oxidation sites excluding steroid dienone is 2. The van der Waals surface area contributed by atoms with Crippen LogP contribution in [0.3, 0.4) is 0 Å². The lowest BCUT2D eigenvalue weighted by Crippen LogP contribution is -2.35. The minimum Gasteiger partial charge on any atom is -0.369 e. The Kier molecular flexibility index (Phi) is 1.72. The third kappa shape index (κ3) is 1.13. The maximum absolute atomic E-state index is 5.60. The van der Waals surface area contributed by atoms with Gasteiger partial charge in [0, 0.05) is 18.4 Å². The maximum Gasteiger partial charge on any atom is 0.200 e. The summed E-state index contributed by atoms with van der Waals surface area (Å²) in [6.07, 6.45) is 0. The van der Waals surface area contributed by atoms with Crippen molar-refractivity contribution in [1.82, 2.24) is 4.90 Å². The van der Waals surface area contributed by atoms with Crippen LogP contribution in [0, 0.1) is 0 Å². The van der Waals surface area contributed by atoms with Crippen molar-refractivity contribution < 1.29 is 0 Å². The van der Waals surface area contributed by atoms with Gasteiger partial charge in [0.2, 0.25) is 0 Å². The van der Waals surface area contributed by atoms with Gasteiger partial charge in [0.05, 0.1) is 0 Å². The van der Waals surface area contributed by atoms with E-state index in [4.69, 9.17) is 5.73 Å². The van der Waals surface area contributed by atoms with E-state index in [-0.39, 0.29) is 0 Å². The van der Waals surface area contributed by atoms with Crippen molar-refractivity contribution in [2.75, 3.05) is 7.05 Å². The zero-order chi connectivity index (χ0) is 8.59. The molecule has 3 heteroatoms. The lowest BCUT2D eigenvalue weighted by Gasteiger charge is -2.25. The highest BCUT2D eigenvalue weighted by Gasteiger charge is 2.14. The molecule has 1 rings (SSSR count). The summed E-state index contributed by atoms with van der Waals surface area (Å²) in [6.45, 7) is 7.81. The highest BCUT2D eigenvalue weighted by atomic mass is 15.3. The van der Waals surface area contributed by atoms with Crippen LogP contribution in [0.5, 0.6) is 0 Å². The number of nitrogens with two attached hydrogens (primary N) is 1. The Morgan fingerprint density at radius 2 is 2.00 bits per heavy atom. The standard InChI is InChI=1S/C8H13N3/c1-5-6(2)10-8(9)11(4)7(5)3/h3H2,1-2,4H3,(H2,9,10). The summed E-state index contributed by atoms with van der Waals surface area (Å²) in [5, 5.41) is 0. The third-order valence-electron chi connectivity index (χ3n) is 2.01. The normalized spacial score (nSPS) is 19.0. The molecule has 1 aliphatic heterocycles. The van der Waals surface area contributed by atoms with Crippen LogP contribution >= 0.6 is 0 Å². The molecular weight excluding hydrogens is 138 g/mol. The zero-order valence-corrected chi connectivity index (χ0v) is 7.18. The molecule has 0 aromatic heterocycles. The summed E-state index contributed by atoms with van der Waals surface area (Å²) in [5.41, 5.74) is 8.58. The molecule has 0 fully saturated rings. The molecule has 0 atom stereocenters. The zero-order valence-electron chi connectivity index (χ0n) is 7.18. The molecule has 0 saturated heterocycles. The molecule has 0 aromatic rings. The first-order valence-electron chi connectivity index (χ1n) is 3.48. The second-order valence-electron chi connectivity index (χ2n) is 2.69. The molecule has 0 aromatic carbocycles. The van der Waals surface area contributed by atoms with Crippen LogP contribution in [0.1, 0.15) is 13.8 Å². The molecule has 0 radical (unpaired) electrons. The van der Waals surface area contributed by atoms with Crippen LogP contribution in [-0.2, 0) is 0 Å². The van der Waals surface area contributed by atoms with Crippen LogP contribution in [0.25, 0.3) is 0 Å². The maximum atomic E-state index is 5.60. The van der Waals surface area contributed by atoms with Gasteiger partial charge in [-0.2, -0.15) is 0 Å². The average Bonchev–Trinajstić information content (AvgIpc) is 1.97. The van der Waals surface area contributed by atoms with Gasteiger partial charge in [0.1, 0.15) is 0 Å². The SMILES string of the molecule is C=C1C(C)=C(C)N=C(N)N1C. The number of hydrogen-bond donors (Lipinski definition) is 1. The monoisotopic (exact) mass is 151 g/mol. The van der Waals surface area contributed by atoms with Gasteiger partial charge in [-0.25, -0.2) is 4.99 Å². The van der Waals surface area contributed by atoms with Crippen LogP contribution in [0.2, 0.25) is 0 Å². The van der Waals surface area contributed by atoms with Crippen LogP contribution < -0.4 is 5.73 Å². The van der Waals surface area contributed by atoms with Gasteiger partial charge in [-0.05, 0) is 19.4 Å². The van der Waals surface area contributed by atoms with Gasteiger partial charge < -0.3 is 10.6 Å². The van der Waals surface area contributed by atoms with Gasteiger partial charge >= 0.3 is 0 Å². The predicted octanol–water partition coefficient (Wildman–Crippen LogP) is 1.05. The average molecular weight is 151 g/mol. The lowest BCUT2D eigenvalue weighted by atomic mass is 10.1. The second kappa shape index (κ2) is 2.42. The van der Waals surface area contributed by atoms with Crippen molar-refractivity contribution in [3.63, 3.8) is 0 Å². The van der Waals surface area contributed by atoms with E-state index < -0.39 is 0 Å². The molecule has 2 N–H and O–H groups in total. The first-order valence-corrected chi connectivity index (χ1v) is 3.48. The summed E-state index contributed by atoms with van der Waals surface area (Å²) < 4.78 is 0. The van der Waals surface area contributed by atoms with Crippen molar-refractivity contribution in [3.8, 4) is 0 Å². The van der Waals surface area contributed by atoms with Crippen molar-refractivity contribution in [2.45, 2.75) is 13.8 Å². The van der Waals surface area contributed by atoms with Crippen LogP contribution in [0.15, 0.2) is 28.5 Å². The summed E-state index contributed by atoms with van der Waals surface area (Å²) in [5.74, 6) is 0.512. The van der Waals surface area contributed by atoms with Crippen molar-refractivity contribution in [1.29, 1.82) is 0 Å². The van der Waals surface area contributed by atoms with Gasteiger partial charge in [0.25, 0.3) is 0 Å². The van der Waals surface area contributed by atoms with Gasteiger partial charge in [-0.15, -0.1) is 0 Å². The Labute approximate surface area is 66.9 Å². The van der Waals surface area contributed by atoms with E-state index in [9.17, 15) is 0 Å². The Morgan fingerprint density at radius 1 is 1.45 bits per heavy atom. The predicted molar refractivity (Wildman–Crippen MR) is 46.9 cm³/mol. The summed E-state index contributed by atoms with van der Waals surface area (Å²) in [4.78, 5) is 5.91. The number of guanidine groups is 1. The molecule has 1 heterocycles. The second-order valence-corrected chi connectivity index (χ2v) is 2.69. The minimum atomic E-state index is 0.512. The molecule has 0 bridgehead atoms. The van der Waals surface area contributed by atoms with Crippen molar-refractivity contribution >= 4 is 5.96 Å². The fourth-order valence-corrected chi connectivity index (χ4v) is 0.929. The molecule has 0 spiro atoms. The fourth-order valence-electron chi connectivity index (χ4n) is 0.929. The number of nitrogens with zero attached hydrogens (tertiary/aromatic N) is 2. The number of aliphatic imine (C=N–C) groups is 1. The smallest absolute Gasteiger partial charge is 0.200 e. The largest absolute Gasteiger partial charge is 0.369 e. The highest BCUT2D eigenvalue weighted by Crippen LogP contribution is 2.20. The quantitative estimate of drug-likeness (QED) is 0.562. The summed E-state index contributed by atoms with van der Waals surface area (Å²) >= 11 is 0. The van der Waals surface area contributed by atoms with E-state index in [1.807, 2.05) is 20.9 Å². The molecule has 0 unspecified atom stereocenters. The molecule has 0 amide bonds. The van der Waals surface area contributed by atoms with E-state index in [0.29, 0.717) is 5.96 Å². The fraction of sp³-hybridized carbons (Fsp3) is 0.375. The van der Waals surface area contributed by atoms with Gasteiger partial charge in [0.15, 0.2) is 5.96 Å². The van der Waals surface area contributed by atoms with Gasteiger partial charge in [-0.1, -0.05) is 6.58 Å². The van der Waals surface area contributed by atoms with Crippen molar-refractivity contribution in [3.05, 3.63) is 23.5 Å². The van der Waals surface area contributed by atoms with Crippen LogP contribution in [-0.4, -0.2) is 17.9 Å². The van der Waals surface area contributed by atoms with E-state index >= 15 is 0 Å². The van der Waals surface area contributed by atoms with E-state index in [0.717, 1.165) is 17.0 Å². The molecule has 3 nitrogen and oxygen atoms in total. The first kappa shape index (κ1) is 7.85. The summed E-state index contributed by atoms with van der Waals surface area (Å²) in [6, 6.07) is 0.